The number of amides is 2. The number of fused-ring (bicyclic) bond motifs is 2. The normalized spacial score (nSPS) is 23.1. The smallest absolute Gasteiger partial charge is 0.257 e. The van der Waals surface area contributed by atoms with Crippen LogP contribution in [0, 0.1) is 0 Å². The molecule has 11 heteroatoms. The highest BCUT2D eigenvalue weighted by Crippen LogP contribution is 2.32. The van der Waals surface area contributed by atoms with Crippen molar-refractivity contribution in [2.45, 2.75) is 43.9 Å². The van der Waals surface area contributed by atoms with Gasteiger partial charge in [0.05, 0.1) is 30.4 Å². The first-order valence-electron chi connectivity index (χ1n) is 11.1. The van der Waals surface area contributed by atoms with Gasteiger partial charge in [0.2, 0.25) is 15.9 Å². The molecule has 0 saturated carbocycles. The third-order valence-electron chi connectivity index (χ3n) is 5.83. The largest absolute Gasteiger partial charge is 0.490 e. The van der Waals surface area contributed by atoms with E-state index in [2.05, 4.69) is 14.9 Å². The second kappa shape index (κ2) is 10.7. The number of hydrogen-bond donors (Lipinski definition) is 2. The van der Waals surface area contributed by atoms with Crippen molar-refractivity contribution in [2.24, 2.45) is 0 Å². The zero-order chi connectivity index (χ0) is 24.2. The molecular weight excluding hydrogens is 448 g/mol. The summed E-state index contributed by atoms with van der Waals surface area (Å²) in [5, 5.41) is 2.94. The molecule has 0 radical (unpaired) electrons. The van der Waals surface area contributed by atoms with Crippen molar-refractivity contribution in [1.82, 2.24) is 15.1 Å². The second-order valence-electron chi connectivity index (χ2n) is 8.96. The molecule has 0 bridgehead atoms. The minimum atomic E-state index is -3.47. The average molecular weight is 483 g/mol. The molecule has 10 nitrogen and oxygen atoms in total. The van der Waals surface area contributed by atoms with Crippen molar-refractivity contribution in [3.8, 4) is 5.75 Å². The fourth-order valence-corrected chi connectivity index (χ4v) is 4.76. The SMILES string of the molecule is CN(C)CCCNC(=O)C[C@@H]1CC[C@H]2[C@@H](COc3ccc(NS(C)(=O)=O)cc3C(=O)N2C)O1. The first-order chi connectivity index (χ1) is 15.5. The zero-order valence-electron chi connectivity index (χ0n) is 19.7. The van der Waals surface area contributed by atoms with Crippen LogP contribution in [-0.4, -0.2) is 95.4 Å². The Morgan fingerprint density at radius 2 is 2.03 bits per heavy atom. The molecule has 3 atom stereocenters. The summed E-state index contributed by atoms with van der Waals surface area (Å²) < 4.78 is 37.6. The molecule has 0 aliphatic carbocycles. The molecule has 1 fully saturated rings. The summed E-state index contributed by atoms with van der Waals surface area (Å²) >= 11 is 0. The predicted octanol–water partition coefficient (Wildman–Crippen LogP) is 0.897. The predicted molar refractivity (Wildman–Crippen MR) is 125 cm³/mol. The molecule has 184 valence electrons. The van der Waals surface area contributed by atoms with Gasteiger partial charge < -0.3 is 24.6 Å². The van der Waals surface area contributed by atoms with Crippen LogP contribution in [0.25, 0.3) is 0 Å². The van der Waals surface area contributed by atoms with Crippen LogP contribution in [0.4, 0.5) is 5.69 Å². The number of benzene rings is 1. The van der Waals surface area contributed by atoms with Gasteiger partial charge in [0, 0.05) is 19.3 Å². The summed E-state index contributed by atoms with van der Waals surface area (Å²) in [6.07, 6.45) is 2.97. The highest BCUT2D eigenvalue weighted by Gasteiger charge is 2.39. The van der Waals surface area contributed by atoms with Gasteiger partial charge in [0.15, 0.2) is 0 Å². The van der Waals surface area contributed by atoms with Gasteiger partial charge in [-0.3, -0.25) is 14.3 Å². The van der Waals surface area contributed by atoms with Crippen molar-refractivity contribution < 1.29 is 27.5 Å². The number of carbonyl (C=O) groups excluding carboxylic acids is 2. The van der Waals surface area contributed by atoms with Crippen LogP contribution in [0.1, 0.15) is 36.0 Å². The lowest BCUT2D eigenvalue weighted by Crippen LogP contribution is -2.54. The maximum atomic E-state index is 13.2. The Bertz CT molecular complexity index is 968. The second-order valence-corrected chi connectivity index (χ2v) is 10.7. The fourth-order valence-electron chi connectivity index (χ4n) is 4.21. The summed E-state index contributed by atoms with van der Waals surface area (Å²) in [5.41, 5.74) is 0.596. The zero-order valence-corrected chi connectivity index (χ0v) is 20.5. The Labute approximate surface area is 195 Å². The number of carbonyl (C=O) groups is 2. The molecule has 33 heavy (non-hydrogen) atoms. The number of likely N-dealkylation sites (N-methyl/N-ethyl adjacent to an activating group) is 1. The maximum absolute atomic E-state index is 13.2. The van der Waals surface area contributed by atoms with E-state index in [4.69, 9.17) is 9.47 Å². The van der Waals surface area contributed by atoms with Crippen molar-refractivity contribution in [3.63, 3.8) is 0 Å². The quantitative estimate of drug-likeness (QED) is 0.529. The van der Waals surface area contributed by atoms with Gasteiger partial charge >= 0.3 is 0 Å². The minimum absolute atomic E-state index is 0.0374. The Kier molecular flexibility index (Phi) is 8.19. The van der Waals surface area contributed by atoms with E-state index in [1.165, 1.54) is 6.07 Å². The van der Waals surface area contributed by atoms with Crippen molar-refractivity contribution in [1.29, 1.82) is 0 Å². The number of ether oxygens (including phenoxy) is 2. The van der Waals surface area contributed by atoms with Crippen LogP contribution in [0.15, 0.2) is 18.2 Å². The van der Waals surface area contributed by atoms with Crippen LogP contribution >= 0.6 is 0 Å². The molecule has 1 saturated heterocycles. The molecule has 1 aromatic carbocycles. The first-order valence-corrected chi connectivity index (χ1v) is 13.0. The molecule has 2 heterocycles. The summed E-state index contributed by atoms with van der Waals surface area (Å²) in [6.45, 7) is 1.77. The van der Waals surface area contributed by atoms with Crippen LogP contribution in [0.5, 0.6) is 5.75 Å². The molecular formula is C22H34N4O6S. The van der Waals surface area contributed by atoms with Gasteiger partial charge in [0.1, 0.15) is 18.5 Å². The molecule has 2 aliphatic rings. The van der Waals surface area contributed by atoms with E-state index in [1.807, 2.05) is 14.1 Å². The van der Waals surface area contributed by atoms with Gasteiger partial charge in [0.25, 0.3) is 5.91 Å². The summed E-state index contributed by atoms with van der Waals surface area (Å²) in [5.74, 6) is 0.0656. The fraction of sp³-hybridized carbons (Fsp3) is 0.636. The Hall–Kier alpha value is -2.37. The van der Waals surface area contributed by atoms with E-state index in [1.54, 1.807) is 24.1 Å². The number of nitrogens with one attached hydrogen (secondary N) is 2. The minimum Gasteiger partial charge on any atom is -0.490 e. The van der Waals surface area contributed by atoms with Crippen molar-refractivity contribution in [2.75, 3.05) is 51.8 Å². The maximum Gasteiger partial charge on any atom is 0.257 e. The Balaban J connectivity index is 1.63. The molecule has 2 N–H and O–H groups in total. The standard InChI is InChI=1S/C22H34N4O6S/c1-25(2)11-5-10-23-21(27)13-16-7-8-18-20(32-16)14-31-19-9-6-15(24-33(4,29)30)12-17(19)22(28)26(18)3/h6,9,12,16,18,20,24H,5,7-8,10-11,13-14H2,1-4H3,(H,23,27)/t16-,18-,20+/m0/s1. The van der Waals surface area contributed by atoms with E-state index in [-0.39, 0.29) is 43.1 Å². The highest BCUT2D eigenvalue weighted by molar-refractivity contribution is 7.92. The number of rotatable bonds is 8. The van der Waals surface area contributed by atoms with Gasteiger partial charge in [-0.05, 0) is 58.1 Å². The van der Waals surface area contributed by atoms with Crippen molar-refractivity contribution in [3.05, 3.63) is 23.8 Å². The van der Waals surface area contributed by atoms with E-state index in [0.717, 1.165) is 19.2 Å². The summed E-state index contributed by atoms with van der Waals surface area (Å²) in [7, 11) is 2.24. The molecule has 0 spiro atoms. The lowest BCUT2D eigenvalue weighted by Gasteiger charge is -2.42. The average Bonchev–Trinajstić information content (AvgIpc) is 2.73. The number of nitrogens with zero attached hydrogens (tertiary/aromatic N) is 2. The van der Waals surface area contributed by atoms with E-state index in [9.17, 15) is 18.0 Å². The van der Waals surface area contributed by atoms with E-state index in [0.29, 0.717) is 36.4 Å². The Morgan fingerprint density at radius 1 is 1.27 bits per heavy atom. The van der Waals surface area contributed by atoms with Crippen molar-refractivity contribution >= 4 is 27.5 Å². The van der Waals surface area contributed by atoms with Gasteiger partial charge in [-0.15, -0.1) is 0 Å². The number of anilines is 1. The van der Waals surface area contributed by atoms with Crippen LogP contribution < -0.4 is 14.8 Å². The molecule has 0 unspecified atom stereocenters. The lowest BCUT2D eigenvalue weighted by molar-refractivity contribution is -0.134. The van der Waals surface area contributed by atoms with Crippen LogP contribution in [0.3, 0.4) is 0 Å². The first kappa shape index (κ1) is 25.3. The van der Waals surface area contributed by atoms with Gasteiger partial charge in [-0.1, -0.05) is 0 Å². The van der Waals surface area contributed by atoms with Gasteiger partial charge in [-0.2, -0.15) is 0 Å². The topological polar surface area (TPSA) is 117 Å². The summed E-state index contributed by atoms with van der Waals surface area (Å²) in [4.78, 5) is 29.2. The summed E-state index contributed by atoms with van der Waals surface area (Å²) in [6, 6.07) is 4.42. The number of sulfonamides is 1. The highest BCUT2D eigenvalue weighted by atomic mass is 32.2. The van der Waals surface area contributed by atoms with Crippen LogP contribution in [0.2, 0.25) is 0 Å². The van der Waals surface area contributed by atoms with E-state index < -0.39 is 10.0 Å². The molecule has 1 aromatic rings. The third kappa shape index (κ3) is 7.05. The molecule has 0 aromatic heterocycles. The van der Waals surface area contributed by atoms with E-state index >= 15 is 0 Å². The van der Waals surface area contributed by atoms with Crippen LogP contribution in [-0.2, 0) is 19.6 Å². The Morgan fingerprint density at radius 3 is 2.73 bits per heavy atom. The third-order valence-corrected chi connectivity index (χ3v) is 6.44. The molecule has 2 amide bonds. The number of hydrogen-bond acceptors (Lipinski definition) is 7. The molecule has 2 aliphatic heterocycles. The monoisotopic (exact) mass is 482 g/mol. The lowest BCUT2D eigenvalue weighted by atomic mass is 9.94. The molecule has 3 rings (SSSR count). The van der Waals surface area contributed by atoms with Gasteiger partial charge in [-0.25, -0.2) is 8.42 Å².